The van der Waals surface area contributed by atoms with E-state index in [1.807, 2.05) is 0 Å². The summed E-state index contributed by atoms with van der Waals surface area (Å²) in [6.45, 7) is 0. The Morgan fingerprint density at radius 3 is 3.00 bits per heavy atom. The van der Waals surface area contributed by atoms with Gasteiger partial charge in [0.2, 0.25) is 0 Å². The van der Waals surface area contributed by atoms with Crippen LogP contribution in [0.25, 0.3) is 0 Å². The zero-order valence-electron chi connectivity index (χ0n) is 12.5. The SMILES string of the molecule is O=C(N[C@@H]1C[C@H]1c1c(F)cccc1Cl)c1n[nH]c2c1CCCC2. The minimum Gasteiger partial charge on any atom is -0.347 e. The fourth-order valence-corrected chi connectivity index (χ4v) is 3.75. The van der Waals surface area contributed by atoms with Crippen LogP contribution in [0.2, 0.25) is 5.02 Å². The largest absolute Gasteiger partial charge is 0.347 e. The first-order valence-electron chi connectivity index (χ1n) is 7.96. The topological polar surface area (TPSA) is 57.8 Å². The molecule has 23 heavy (non-hydrogen) atoms. The first-order valence-corrected chi connectivity index (χ1v) is 8.34. The average Bonchev–Trinajstić information content (AvgIpc) is 3.12. The van der Waals surface area contributed by atoms with Gasteiger partial charge >= 0.3 is 0 Å². The molecule has 0 unspecified atom stereocenters. The molecule has 1 heterocycles. The highest BCUT2D eigenvalue weighted by atomic mass is 35.5. The summed E-state index contributed by atoms with van der Waals surface area (Å²) in [5.41, 5.74) is 3.11. The molecule has 120 valence electrons. The van der Waals surface area contributed by atoms with Crippen LogP contribution in [0, 0.1) is 5.82 Å². The molecule has 6 heteroatoms. The molecular weight excluding hydrogens is 317 g/mol. The van der Waals surface area contributed by atoms with Gasteiger partial charge in [0, 0.05) is 33.8 Å². The van der Waals surface area contributed by atoms with E-state index in [0.717, 1.165) is 36.9 Å². The number of nitrogens with zero attached hydrogens (tertiary/aromatic N) is 1. The summed E-state index contributed by atoms with van der Waals surface area (Å²) >= 11 is 6.09. The van der Waals surface area contributed by atoms with Gasteiger partial charge in [0.25, 0.3) is 5.91 Å². The molecule has 0 saturated heterocycles. The molecule has 2 atom stereocenters. The van der Waals surface area contributed by atoms with Gasteiger partial charge in [-0.25, -0.2) is 4.39 Å². The van der Waals surface area contributed by atoms with Crippen molar-refractivity contribution >= 4 is 17.5 Å². The lowest BCUT2D eigenvalue weighted by Gasteiger charge is -2.11. The van der Waals surface area contributed by atoms with Gasteiger partial charge in [0.1, 0.15) is 5.82 Å². The highest BCUT2D eigenvalue weighted by Crippen LogP contribution is 2.45. The molecule has 0 radical (unpaired) electrons. The molecule has 1 amide bonds. The van der Waals surface area contributed by atoms with E-state index in [9.17, 15) is 9.18 Å². The molecule has 1 fully saturated rings. The summed E-state index contributed by atoms with van der Waals surface area (Å²) < 4.78 is 13.9. The molecule has 2 N–H and O–H groups in total. The normalized spacial score (nSPS) is 22.5. The maximum Gasteiger partial charge on any atom is 0.272 e. The average molecular weight is 334 g/mol. The summed E-state index contributed by atoms with van der Waals surface area (Å²) in [5, 5.41) is 10.5. The van der Waals surface area contributed by atoms with E-state index in [-0.39, 0.29) is 23.7 Å². The third-order valence-corrected chi connectivity index (χ3v) is 5.08. The van der Waals surface area contributed by atoms with Crippen molar-refractivity contribution in [3.63, 3.8) is 0 Å². The summed E-state index contributed by atoms with van der Waals surface area (Å²) in [6.07, 6.45) is 4.77. The van der Waals surface area contributed by atoms with Crippen LogP contribution in [0.4, 0.5) is 4.39 Å². The Labute approximate surface area is 138 Å². The molecule has 1 aromatic carbocycles. The number of rotatable bonds is 3. The number of fused-ring (bicyclic) bond motifs is 1. The van der Waals surface area contributed by atoms with Crippen LogP contribution in [-0.4, -0.2) is 22.1 Å². The lowest BCUT2D eigenvalue weighted by atomic mass is 9.96. The highest BCUT2D eigenvalue weighted by Gasteiger charge is 2.43. The lowest BCUT2D eigenvalue weighted by molar-refractivity contribution is 0.0944. The number of aryl methyl sites for hydroxylation is 1. The van der Waals surface area contributed by atoms with Gasteiger partial charge in [-0.05, 0) is 44.2 Å². The zero-order chi connectivity index (χ0) is 16.0. The van der Waals surface area contributed by atoms with Crippen LogP contribution >= 0.6 is 11.6 Å². The van der Waals surface area contributed by atoms with Crippen molar-refractivity contribution in [2.45, 2.75) is 44.1 Å². The van der Waals surface area contributed by atoms with Crippen molar-refractivity contribution in [1.29, 1.82) is 0 Å². The first kappa shape index (κ1) is 14.7. The smallest absolute Gasteiger partial charge is 0.272 e. The van der Waals surface area contributed by atoms with Crippen molar-refractivity contribution < 1.29 is 9.18 Å². The van der Waals surface area contributed by atoms with Crippen molar-refractivity contribution in [2.75, 3.05) is 0 Å². The van der Waals surface area contributed by atoms with Crippen molar-refractivity contribution in [2.24, 2.45) is 0 Å². The van der Waals surface area contributed by atoms with E-state index >= 15 is 0 Å². The number of benzene rings is 1. The number of hydrogen-bond acceptors (Lipinski definition) is 2. The van der Waals surface area contributed by atoms with Crippen molar-refractivity contribution in [3.05, 3.63) is 51.6 Å². The monoisotopic (exact) mass is 333 g/mol. The van der Waals surface area contributed by atoms with E-state index in [1.54, 1.807) is 12.1 Å². The third-order valence-electron chi connectivity index (χ3n) is 4.75. The Balaban J connectivity index is 1.48. The van der Waals surface area contributed by atoms with Gasteiger partial charge in [-0.15, -0.1) is 0 Å². The van der Waals surface area contributed by atoms with Crippen LogP contribution in [-0.2, 0) is 12.8 Å². The van der Waals surface area contributed by atoms with E-state index in [2.05, 4.69) is 15.5 Å². The number of aromatic nitrogens is 2. The Hall–Kier alpha value is -1.88. The third kappa shape index (κ3) is 2.63. The van der Waals surface area contributed by atoms with Gasteiger partial charge < -0.3 is 5.32 Å². The standard InChI is InChI=1S/C17H17ClFN3O/c18-11-5-3-6-12(19)15(11)10-8-14(10)20-17(23)16-9-4-1-2-7-13(9)21-22-16/h3,5-6,10,14H,1-2,4,7-8H2,(H,20,23)(H,21,22)/t10-,14-/m1/s1. The Bertz CT molecular complexity index is 753. The van der Waals surface area contributed by atoms with Crippen LogP contribution in [0.15, 0.2) is 18.2 Å². The van der Waals surface area contributed by atoms with E-state index in [4.69, 9.17) is 11.6 Å². The number of nitrogens with one attached hydrogen (secondary N) is 2. The molecule has 2 aliphatic carbocycles. The summed E-state index contributed by atoms with van der Waals surface area (Å²) in [5.74, 6) is -0.539. The van der Waals surface area contributed by atoms with E-state index < -0.39 is 0 Å². The number of halogens is 2. The Morgan fingerprint density at radius 1 is 1.35 bits per heavy atom. The predicted molar refractivity (Wildman–Crippen MR) is 85.3 cm³/mol. The molecule has 4 nitrogen and oxygen atoms in total. The molecule has 0 bridgehead atoms. The van der Waals surface area contributed by atoms with E-state index in [1.165, 1.54) is 6.07 Å². The number of amides is 1. The van der Waals surface area contributed by atoms with Crippen molar-refractivity contribution in [3.8, 4) is 0 Å². The molecule has 1 aromatic heterocycles. The summed E-state index contributed by atoms with van der Waals surface area (Å²) in [6, 6.07) is 4.60. The zero-order valence-corrected chi connectivity index (χ0v) is 13.3. The Morgan fingerprint density at radius 2 is 2.17 bits per heavy atom. The summed E-state index contributed by atoms with van der Waals surface area (Å²) in [4.78, 5) is 12.5. The maximum absolute atomic E-state index is 13.9. The van der Waals surface area contributed by atoms with Gasteiger partial charge in [-0.1, -0.05) is 17.7 Å². The number of aromatic amines is 1. The van der Waals surface area contributed by atoms with E-state index in [0.29, 0.717) is 22.7 Å². The fraction of sp³-hybridized carbons (Fsp3) is 0.412. The van der Waals surface area contributed by atoms with Crippen molar-refractivity contribution in [1.82, 2.24) is 15.5 Å². The predicted octanol–water partition coefficient (Wildman–Crippen LogP) is 3.37. The van der Waals surface area contributed by atoms with Crippen LogP contribution < -0.4 is 5.32 Å². The molecule has 0 spiro atoms. The molecule has 1 saturated carbocycles. The molecule has 0 aliphatic heterocycles. The minimum atomic E-state index is -0.309. The second kappa shape index (κ2) is 5.64. The second-order valence-electron chi connectivity index (χ2n) is 6.29. The molecule has 2 aliphatic rings. The molecule has 4 rings (SSSR count). The van der Waals surface area contributed by atoms with Gasteiger partial charge in [-0.3, -0.25) is 9.89 Å². The minimum absolute atomic E-state index is 0.0533. The Kier molecular flexibility index (Phi) is 3.60. The number of hydrogen-bond donors (Lipinski definition) is 2. The number of H-pyrrole nitrogens is 1. The van der Waals surface area contributed by atoms with Gasteiger partial charge in [-0.2, -0.15) is 5.10 Å². The second-order valence-corrected chi connectivity index (χ2v) is 6.70. The molecular formula is C17H17ClFN3O. The van der Waals surface area contributed by atoms with Gasteiger partial charge in [0.15, 0.2) is 5.69 Å². The molecule has 2 aromatic rings. The lowest BCUT2D eigenvalue weighted by Crippen LogP contribution is -2.28. The van der Waals surface area contributed by atoms with Crippen LogP contribution in [0.5, 0.6) is 0 Å². The quantitative estimate of drug-likeness (QED) is 0.904. The number of carbonyl (C=O) groups is 1. The number of carbonyl (C=O) groups excluding carboxylic acids is 1. The first-order chi connectivity index (χ1) is 11.1. The maximum atomic E-state index is 13.9. The van der Waals surface area contributed by atoms with Crippen LogP contribution in [0.1, 0.15) is 52.5 Å². The summed E-state index contributed by atoms with van der Waals surface area (Å²) in [7, 11) is 0. The van der Waals surface area contributed by atoms with Crippen LogP contribution in [0.3, 0.4) is 0 Å². The van der Waals surface area contributed by atoms with Gasteiger partial charge in [0.05, 0.1) is 0 Å². The fourth-order valence-electron chi connectivity index (χ4n) is 3.44. The highest BCUT2D eigenvalue weighted by molar-refractivity contribution is 6.31.